The molecule has 0 aliphatic heterocycles. The van der Waals surface area contributed by atoms with Crippen molar-refractivity contribution in [2.75, 3.05) is 0 Å². The summed E-state index contributed by atoms with van der Waals surface area (Å²) in [7, 11) is 0. The summed E-state index contributed by atoms with van der Waals surface area (Å²) >= 11 is 0. The average Bonchev–Trinajstić information content (AvgIpc) is 3.93. The maximum Gasteiger partial charge on any atom is 0.149 e. The maximum atomic E-state index is 12.7. The van der Waals surface area contributed by atoms with E-state index in [2.05, 4.69) is 159 Å². The van der Waals surface area contributed by atoms with Gasteiger partial charge in [0, 0.05) is 28.4 Å². The molecule has 10 rings (SSSR count). The van der Waals surface area contributed by atoms with E-state index < -0.39 is 18.2 Å². The van der Waals surface area contributed by atoms with E-state index >= 15 is 0 Å². The number of phenolic OH excluding ortho intramolecular Hbond substituents is 1. The molecule has 10 aromatic rings. The van der Waals surface area contributed by atoms with Gasteiger partial charge in [-0.15, -0.1) is 0 Å². The van der Waals surface area contributed by atoms with E-state index in [-0.39, 0.29) is 22.6 Å². The van der Waals surface area contributed by atoms with E-state index in [9.17, 15) is 10.6 Å². The second-order valence-corrected chi connectivity index (χ2v) is 22.1. The highest BCUT2D eigenvalue weighted by atomic mass is 16.3. The van der Waals surface area contributed by atoms with E-state index in [1.54, 1.807) is 6.07 Å². The number of aryl methyl sites for hydroxylation is 1. The van der Waals surface area contributed by atoms with Gasteiger partial charge >= 0.3 is 0 Å². The molecule has 2 aromatic heterocycles. The Labute approximate surface area is 438 Å². The Morgan fingerprint density at radius 3 is 1.77 bits per heavy atom. The quantitative estimate of drug-likeness (QED) is 0.149. The second-order valence-electron chi connectivity index (χ2n) is 22.1. The molecule has 0 saturated heterocycles. The molecule has 4 heteroatoms. The third kappa shape index (κ3) is 9.55. The lowest BCUT2D eigenvalue weighted by Crippen LogP contribution is -2.17. The Bertz CT molecular complexity index is 3810. The largest absolute Gasteiger partial charge is 0.507 e. The van der Waals surface area contributed by atoms with Gasteiger partial charge in [0.2, 0.25) is 0 Å². The van der Waals surface area contributed by atoms with Crippen LogP contribution in [-0.2, 0) is 10.8 Å². The first kappa shape index (κ1) is 43.9. The van der Waals surface area contributed by atoms with E-state index in [4.69, 9.17) is 9.97 Å². The molecule has 0 fully saturated rings. The van der Waals surface area contributed by atoms with Gasteiger partial charge in [0.25, 0.3) is 0 Å². The van der Waals surface area contributed by atoms with Crippen LogP contribution in [0, 0.1) is 6.85 Å². The SMILES string of the molecule is [2H]C([2H])([2H])c1cc(-c2c(C(C)C)cccc2C([2H])(C)C)ccc1-n1c(-c2cc(C(C)(C)C)cc(C(C)(C)C)c2O)nc2c(-c3cc(-c4ccccc4)cc(-c4cc(-c5ccc(-c6ccccc6)cc5)ccn4)c3)cccc21. The number of aromatic nitrogens is 3. The predicted molar refractivity (Wildman–Crippen MR) is 309 cm³/mol. The lowest BCUT2D eigenvalue weighted by molar-refractivity contribution is 0.446. The number of imidazole rings is 1. The number of nitrogens with zero attached hydrogens (tertiary/aromatic N) is 3. The topological polar surface area (TPSA) is 50.9 Å². The van der Waals surface area contributed by atoms with Gasteiger partial charge in [0.1, 0.15) is 11.6 Å². The minimum Gasteiger partial charge on any atom is -0.507 e. The predicted octanol–water partition coefficient (Wildman–Crippen LogP) is 18.9. The van der Waals surface area contributed by atoms with Crippen LogP contribution in [-0.4, -0.2) is 19.6 Å². The lowest BCUT2D eigenvalue weighted by atomic mass is 9.79. The minimum atomic E-state index is -2.59. The number of rotatable bonds is 10. The number of hydrogen-bond acceptors (Lipinski definition) is 3. The summed E-state index contributed by atoms with van der Waals surface area (Å²) < 4.78 is 38.9. The number of pyridine rings is 1. The van der Waals surface area contributed by atoms with Gasteiger partial charge in [-0.2, -0.15) is 0 Å². The number of fused-ring (bicyclic) bond motifs is 1. The molecule has 0 saturated carbocycles. The van der Waals surface area contributed by atoms with Crippen molar-refractivity contribution in [2.24, 2.45) is 0 Å². The molecule has 0 amide bonds. The molecule has 0 atom stereocenters. The second kappa shape index (κ2) is 19.3. The van der Waals surface area contributed by atoms with Crippen molar-refractivity contribution in [2.45, 2.75) is 98.7 Å². The van der Waals surface area contributed by atoms with Crippen molar-refractivity contribution in [1.29, 1.82) is 0 Å². The van der Waals surface area contributed by atoms with Gasteiger partial charge in [0.05, 0.1) is 28.0 Å². The summed E-state index contributed by atoms with van der Waals surface area (Å²) in [5.74, 6) is -0.339. The Hall–Kier alpha value is -7.82. The molecule has 0 radical (unpaired) electrons. The smallest absolute Gasteiger partial charge is 0.149 e. The molecule has 1 N–H and O–H groups in total. The molecule has 2 heterocycles. The zero-order valence-corrected chi connectivity index (χ0v) is 43.8. The first-order chi connectivity index (χ1) is 36.5. The molecular weight excluding hydrogens is 887 g/mol. The Kier molecular flexibility index (Phi) is 11.6. The van der Waals surface area contributed by atoms with Crippen LogP contribution in [0.5, 0.6) is 5.75 Å². The van der Waals surface area contributed by atoms with Gasteiger partial charge in [-0.3, -0.25) is 9.55 Å². The fourth-order valence-electron chi connectivity index (χ4n) is 10.2. The molecule has 4 nitrogen and oxygen atoms in total. The highest BCUT2D eigenvalue weighted by molar-refractivity contribution is 5.98. The van der Waals surface area contributed by atoms with Crippen LogP contribution in [0.4, 0.5) is 0 Å². The fourth-order valence-corrected chi connectivity index (χ4v) is 10.2. The van der Waals surface area contributed by atoms with Crippen LogP contribution in [0.3, 0.4) is 0 Å². The van der Waals surface area contributed by atoms with Gasteiger partial charge in [-0.25, -0.2) is 4.98 Å². The van der Waals surface area contributed by atoms with Gasteiger partial charge < -0.3 is 5.11 Å². The zero-order chi connectivity index (χ0) is 54.8. The summed E-state index contributed by atoms with van der Waals surface area (Å²) in [6.07, 6.45) is 1.87. The third-order valence-corrected chi connectivity index (χ3v) is 14.2. The fraction of sp³-hybridized carbons (Fsp3) is 0.217. The number of aromatic hydroxyl groups is 1. The highest BCUT2D eigenvalue weighted by Gasteiger charge is 2.29. The van der Waals surface area contributed by atoms with Crippen molar-refractivity contribution in [1.82, 2.24) is 14.5 Å². The van der Waals surface area contributed by atoms with E-state index in [1.165, 1.54) is 5.56 Å². The number of hydrogen-bond donors (Lipinski definition) is 1. The van der Waals surface area contributed by atoms with E-state index in [0.717, 1.165) is 83.6 Å². The summed E-state index contributed by atoms with van der Waals surface area (Å²) in [6.45, 7) is 18.2. The monoisotopic (exact) mass is 958 g/mol. The standard InChI is InChI=1S/C69H67N3O/c1-43(2)56-24-18-25-57(44(3)4)64(56)51-32-33-62(45(5)36-51)72-63-27-19-26-58(65(63)71-67(72)59-41-55(68(6,7)8)42-60(66(59)73)69(9,10)11)53-37-52(47-22-16-13-17-23-47)38-54(39-53)61-40-50(34-35-70-61)49-30-28-48(29-31-49)46-20-14-12-15-21-46/h12-44,73H,1-11H3/i5D3,43D. The minimum absolute atomic E-state index is 0.0952. The van der Waals surface area contributed by atoms with E-state index in [1.807, 2.05) is 97.4 Å². The first-order valence-electron chi connectivity index (χ1n) is 27.5. The molecule has 0 aliphatic carbocycles. The molecule has 364 valence electrons. The third-order valence-electron chi connectivity index (χ3n) is 14.2. The van der Waals surface area contributed by atoms with Crippen molar-refractivity contribution in [3.63, 3.8) is 0 Å². The summed E-state index contributed by atoms with van der Waals surface area (Å²) in [5, 5.41) is 12.7. The average molecular weight is 958 g/mol. The first-order valence-corrected chi connectivity index (χ1v) is 25.5. The van der Waals surface area contributed by atoms with Crippen molar-refractivity contribution >= 4 is 11.0 Å². The normalized spacial score (nSPS) is 13.2. The molecular formula is C69H67N3O. The number of phenols is 1. The lowest BCUT2D eigenvalue weighted by Gasteiger charge is -2.27. The van der Waals surface area contributed by atoms with Crippen molar-refractivity contribution in [3.8, 4) is 89.7 Å². The van der Waals surface area contributed by atoms with Gasteiger partial charge in [-0.05, 0) is 156 Å². The van der Waals surface area contributed by atoms with E-state index in [0.29, 0.717) is 28.1 Å². The highest BCUT2D eigenvalue weighted by Crippen LogP contribution is 2.46. The molecule has 0 unspecified atom stereocenters. The zero-order valence-electron chi connectivity index (χ0n) is 47.8. The van der Waals surface area contributed by atoms with Gasteiger partial charge in [-0.1, -0.05) is 197 Å². The van der Waals surface area contributed by atoms with Crippen LogP contribution < -0.4 is 0 Å². The van der Waals surface area contributed by atoms with Crippen LogP contribution in [0.25, 0.3) is 95.0 Å². The summed E-state index contributed by atoms with van der Waals surface area (Å²) in [5.41, 5.74) is 16.8. The van der Waals surface area contributed by atoms with Crippen LogP contribution in [0.15, 0.2) is 188 Å². The maximum absolute atomic E-state index is 12.7. The van der Waals surface area contributed by atoms with Crippen LogP contribution >= 0.6 is 0 Å². The van der Waals surface area contributed by atoms with Crippen LogP contribution in [0.2, 0.25) is 0 Å². The van der Waals surface area contributed by atoms with Crippen LogP contribution in [0.1, 0.15) is 114 Å². The summed E-state index contributed by atoms with van der Waals surface area (Å²) in [4.78, 5) is 10.6. The number of benzene rings is 8. The number of para-hydroxylation sites is 1. The molecule has 73 heavy (non-hydrogen) atoms. The van der Waals surface area contributed by atoms with Gasteiger partial charge in [0.15, 0.2) is 0 Å². The Morgan fingerprint density at radius 1 is 0.521 bits per heavy atom. The Morgan fingerprint density at radius 2 is 1.12 bits per heavy atom. The molecule has 0 spiro atoms. The molecule has 0 bridgehead atoms. The summed E-state index contributed by atoms with van der Waals surface area (Å²) in [6, 6.07) is 62.0. The molecule has 8 aromatic carbocycles. The van der Waals surface area contributed by atoms with Crippen molar-refractivity contribution < 1.29 is 10.6 Å². The molecule has 0 aliphatic rings. The van der Waals surface area contributed by atoms with Crippen molar-refractivity contribution in [3.05, 3.63) is 216 Å². The Balaban J connectivity index is 1.24.